The first-order valence-electron chi connectivity index (χ1n) is 3.68. The van der Waals surface area contributed by atoms with E-state index < -0.39 is 0 Å². The van der Waals surface area contributed by atoms with E-state index in [-0.39, 0.29) is 5.90 Å². The molecule has 0 bridgehead atoms. The Hall–Kier alpha value is -1.05. The van der Waals surface area contributed by atoms with Crippen LogP contribution in [0.15, 0.2) is 23.8 Å². The highest BCUT2D eigenvalue weighted by Crippen LogP contribution is 1.96. The van der Waals surface area contributed by atoms with E-state index >= 15 is 0 Å². The van der Waals surface area contributed by atoms with Gasteiger partial charge in [0.1, 0.15) is 0 Å². The average molecular weight is 153 g/mol. The van der Waals surface area contributed by atoms with Crippen molar-refractivity contribution in [2.45, 2.75) is 20.3 Å². The van der Waals surface area contributed by atoms with E-state index in [0.717, 1.165) is 12.0 Å². The largest absolute Gasteiger partial charge is 0.481 e. The number of methoxy groups -OCH3 is 1. The molecule has 0 aliphatic carbocycles. The van der Waals surface area contributed by atoms with E-state index in [9.17, 15) is 0 Å². The van der Waals surface area contributed by atoms with Gasteiger partial charge in [0.2, 0.25) is 5.90 Å². The van der Waals surface area contributed by atoms with Crippen molar-refractivity contribution in [3.63, 3.8) is 0 Å². The predicted octanol–water partition coefficient (Wildman–Crippen LogP) is 2.52. The molecule has 0 aromatic carbocycles. The van der Waals surface area contributed by atoms with E-state index in [1.807, 2.05) is 13.0 Å². The lowest BCUT2D eigenvalue weighted by Crippen LogP contribution is -1.92. The second-order valence-corrected chi connectivity index (χ2v) is 2.26. The van der Waals surface area contributed by atoms with Crippen LogP contribution < -0.4 is 0 Å². The molecule has 0 unspecified atom stereocenters. The normalized spacial score (nSPS) is 12.1. The topological polar surface area (TPSA) is 33.1 Å². The molecule has 0 fully saturated rings. The first-order valence-corrected chi connectivity index (χ1v) is 3.68. The zero-order chi connectivity index (χ0) is 8.69. The average Bonchev–Trinajstić information content (AvgIpc) is 2.01. The molecule has 0 radical (unpaired) electrons. The van der Waals surface area contributed by atoms with E-state index in [0.29, 0.717) is 0 Å². The summed E-state index contributed by atoms with van der Waals surface area (Å²) in [6.45, 7) is 4.09. The van der Waals surface area contributed by atoms with Crippen molar-refractivity contribution in [2.75, 3.05) is 7.11 Å². The highest BCUT2D eigenvalue weighted by molar-refractivity contribution is 5.84. The molecule has 0 heterocycles. The van der Waals surface area contributed by atoms with Crippen molar-refractivity contribution in [2.24, 2.45) is 0 Å². The van der Waals surface area contributed by atoms with Gasteiger partial charge in [-0.3, -0.25) is 5.41 Å². The SMILES string of the molecule is CC/C=C(C)/C=C\C(=N)OC. The van der Waals surface area contributed by atoms with Crippen LogP contribution in [-0.4, -0.2) is 13.0 Å². The van der Waals surface area contributed by atoms with Crippen LogP contribution in [0.3, 0.4) is 0 Å². The fourth-order valence-electron chi connectivity index (χ4n) is 0.665. The molecule has 0 spiro atoms. The van der Waals surface area contributed by atoms with E-state index in [1.165, 1.54) is 7.11 Å². The van der Waals surface area contributed by atoms with Gasteiger partial charge in [-0.1, -0.05) is 24.6 Å². The molecule has 1 N–H and O–H groups in total. The second-order valence-electron chi connectivity index (χ2n) is 2.26. The molecule has 0 amide bonds. The van der Waals surface area contributed by atoms with Crippen LogP contribution in [0.2, 0.25) is 0 Å². The first kappa shape index (κ1) is 9.95. The van der Waals surface area contributed by atoms with Gasteiger partial charge in [0.25, 0.3) is 0 Å². The van der Waals surface area contributed by atoms with Gasteiger partial charge in [0.15, 0.2) is 0 Å². The van der Waals surface area contributed by atoms with E-state index in [4.69, 9.17) is 5.41 Å². The van der Waals surface area contributed by atoms with Gasteiger partial charge in [-0.15, -0.1) is 0 Å². The third-order valence-corrected chi connectivity index (χ3v) is 1.24. The fourth-order valence-corrected chi connectivity index (χ4v) is 0.665. The summed E-state index contributed by atoms with van der Waals surface area (Å²) >= 11 is 0. The quantitative estimate of drug-likeness (QED) is 0.377. The van der Waals surface area contributed by atoms with Crippen LogP contribution in [0.25, 0.3) is 0 Å². The molecule has 0 saturated heterocycles. The molecule has 0 atom stereocenters. The summed E-state index contributed by atoms with van der Waals surface area (Å²) in [5.41, 5.74) is 1.16. The molecule has 11 heavy (non-hydrogen) atoms. The highest BCUT2D eigenvalue weighted by Gasteiger charge is 1.84. The number of nitrogens with one attached hydrogen (secondary N) is 1. The Bertz CT molecular complexity index is 180. The Kier molecular flexibility index (Phi) is 5.17. The van der Waals surface area contributed by atoms with Gasteiger partial charge in [0.05, 0.1) is 7.11 Å². The number of allylic oxidation sites excluding steroid dienone is 3. The van der Waals surface area contributed by atoms with E-state index in [2.05, 4.69) is 17.7 Å². The maximum atomic E-state index is 7.13. The Morgan fingerprint density at radius 3 is 2.55 bits per heavy atom. The van der Waals surface area contributed by atoms with Crippen LogP contribution in [0.5, 0.6) is 0 Å². The zero-order valence-corrected chi connectivity index (χ0v) is 7.35. The summed E-state index contributed by atoms with van der Waals surface area (Å²) in [5.74, 6) is 0.189. The molecule has 0 rings (SSSR count). The number of hydrogen-bond acceptors (Lipinski definition) is 2. The lowest BCUT2D eigenvalue weighted by molar-refractivity contribution is 0.403. The minimum Gasteiger partial charge on any atom is -0.481 e. The van der Waals surface area contributed by atoms with Gasteiger partial charge in [-0.25, -0.2) is 0 Å². The molecule has 0 aromatic heterocycles. The lowest BCUT2D eigenvalue weighted by Gasteiger charge is -1.93. The minimum atomic E-state index is 0.189. The Morgan fingerprint density at radius 2 is 2.09 bits per heavy atom. The Morgan fingerprint density at radius 1 is 1.45 bits per heavy atom. The second kappa shape index (κ2) is 5.71. The summed E-state index contributed by atoms with van der Waals surface area (Å²) in [6.07, 6.45) is 6.63. The molecule has 0 aliphatic rings. The zero-order valence-electron chi connectivity index (χ0n) is 7.35. The summed E-state index contributed by atoms with van der Waals surface area (Å²) in [4.78, 5) is 0. The lowest BCUT2D eigenvalue weighted by atomic mass is 10.2. The maximum absolute atomic E-state index is 7.13. The van der Waals surface area contributed by atoms with Crippen molar-refractivity contribution in [1.29, 1.82) is 5.41 Å². The van der Waals surface area contributed by atoms with Gasteiger partial charge in [-0.05, 0) is 19.4 Å². The van der Waals surface area contributed by atoms with Crippen molar-refractivity contribution in [1.82, 2.24) is 0 Å². The molecular formula is C9H15NO. The number of ether oxygens (including phenoxy) is 1. The molecule has 2 heteroatoms. The van der Waals surface area contributed by atoms with Crippen molar-refractivity contribution >= 4 is 5.90 Å². The first-order chi connectivity index (χ1) is 5.20. The van der Waals surface area contributed by atoms with Crippen molar-refractivity contribution in [3.05, 3.63) is 23.8 Å². The van der Waals surface area contributed by atoms with Gasteiger partial charge in [0, 0.05) is 0 Å². The highest BCUT2D eigenvalue weighted by atomic mass is 16.5. The number of rotatable bonds is 3. The molecule has 2 nitrogen and oxygen atoms in total. The van der Waals surface area contributed by atoms with Crippen LogP contribution in [0.1, 0.15) is 20.3 Å². The van der Waals surface area contributed by atoms with Crippen LogP contribution in [0, 0.1) is 5.41 Å². The molecule has 0 aromatic rings. The Labute approximate surface area is 68.1 Å². The van der Waals surface area contributed by atoms with Crippen molar-refractivity contribution in [3.8, 4) is 0 Å². The van der Waals surface area contributed by atoms with Crippen LogP contribution in [0.4, 0.5) is 0 Å². The van der Waals surface area contributed by atoms with Gasteiger partial charge in [-0.2, -0.15) is 0 Å². The van der Waals surface area contributed by atoms with Crippen LogP contribution >= 0.6 is 0 Å². The summed E-state index contributed by atoms with van der Waals surface area (Å²) in [5, 5.41) is 7.13. The van der Waals surface area contributed by atoms with Gasteiger partial charge < -0.3 is 4.74 Å². The monoisotopic (exact) mass is 153 g/mol. The number of hydrogen-bond donors (Lipinski definition) is 1. The summed E-state index contributed by atoms with van der Waals surface area (Å²) in [7, 11) is 1.49. The van der Waals surface area contributed by atoms with Crippen molar-refractivity contribution < 1.29 is 4.74 Å². The fraction of sp³-hybridized carbons (Fsp3) is 0.444. The third-order valence-electron chi connectivity index (χ3n) is 1.24. The third kappa shape index (κ3) is 5.40. The predicted molar refractivity (Wildman–Crippen MR) is 47.9 cm³/mol. The molecule has 0 aliphatic heterocycles. The molecular weight excluding hydrogens is 138 g/mol. The minimum absolute atomic E-state index is 0.189. The summed E-state index contributed by atoms with van der Waals surface area (Å²) in [6, 6.07) is 0. The van der Waals surface area contributed by atoms with Gasteiger partial charge >= 0.3 is 0 Å². The molecule has 62 valence electrons. The molecule has 0 saturated carbocycles. The van der Waals surface area contributed by atoms with Crippen LogP contribution in [-0.2, 0) is 4.74 Å². The Balaban J connectivity index is 3.92. The smallest absolute Gasteiger partial charge is 0.205 e. The van der Waals surface area contributed by atoms with E-state index in [1.54, 1.807) is 6.08 Å². The maximum Gasteiger partial charge on any atom is 0.205 e. The summed E-state index contributed by atoms with van der Waals surface area (Å²) < 4.78 is 4.65. The standard InChI is InChI=1S/C9H15NO/c1-4-5-8(2)6-7-9(10)11-3/h5-7,10H,4H2,1-3H3/b7-6-,8-5+,10-9?.